The summed E-state index contributed by atoms with van der Waals surface area (Å²) in [6, 6.07) is 16.3. The number of hydrogen-bond donors (Lipinski definition) is 1. The van der Waals surface area contributed by atoms with Crippen LogP contribution in [0, 0.1) is 12.7 Å². The summed E-state index contributed by atoms with van der Waals surface area (Å²) < 4.78 is 15.4. The van der Waals surface area contributed by atoms with Gasteiger partial charge in [-0.2, -0.15) is 5.10 Å². The highest BCUT2D eigenvalue weighted by Crippen LogP contribution is 2.17. The molecule has 0 atom stereocenters. The zero-order valence-electron chi connectivity index (χ0n) is 14.7. The fraction of sp³-hybridized carbons (Fsp3) is 0.0952. The third-order valence-corrected chi connectivity index (χ3v) is 4.34. The second-order valence-electron chi connectivity index (χ2n) is 6.34. The van der Waals surface area contributed by atoms with Crippen LogP contribution < -0.4 is 5.32 Å². The molecule has 4 rings (SSSR count). The van der Waals surface area contributed by atoms with Crippen molar-refractivity contribution in [1.29, 1.82) is 0 Å². The largest absolute Gasteiger partial charge is 0.322 e. The fourth-order valence-corrected chi connectivity index (χ4v) is 2.84. The van der Waals surface area contributed by atoms with E-state index in [0.29, 0.717) is 29.0 Å². The number of nitrogens with zero attached hydrogens (tertiary/aromatic N) is 3. The molecule has 0 saturated heterocycles. The summed E-state index contributed by atoms with van der Waals surface area (Å²) in [6.45, 7) is 2.28. The maximum absolute atomic E-state index is 13.6. The van der Waals surface area contributed by atoms with E-state index in [9.17, 15) is 9.18 Å². The molecule has 0 aliphatic heterocycles. The van der Waals surface area contributed by atoms with Crippen LogP contribution in [0.25, 0.3) is 11.0 Å². The average molecular weight is 360 g/mol. The second-order valence-corrected chi connectivity index (χ2v) is 6.34. The first-order valence-corrected chi connectivity index (χ1v) is 8.53. The molecule has 4 aromatic rings. The molecule has 5 nitrogen and oxygen atoms in total. The smallest absolute Gasteiger partial charge is 0.257 e. The molecular weight excluding hydrogens is 343 g/mol. The van der Waals surface area contributed by atoms with Gasteiger partial charge in [-0.1, -0.05) is 36.4 Å². The quantitative estimate of drug-likeness (QED) is 0.594. The summed E-state index contributed by atoms with van der Waals surface area (Å²) in [6.07, 6.45) is 3.19. The SMILES string of the molecule is Cc1ccc(NC(=O)c2cnc3c(cnn3Cc3ccccc3)c2)cc1F. The lowest BCUT2D eigenvalue weighted by molar-refractivity contribution is 0.102. The zero-order chi connectivity index (χ0) is 18.8. The Hall–Kier alpha value is -3.54. The van der Waals surface area contributed by atoms with Crippen LogP contribution in [0.4, 0.5) is 10.1 Å². The van der Waals surface area contributed by atoms with Crippen LogP contribution in [0.3, 0.4) is 0 Å². The third kappa shape index (κ3) is 3.55. The highest BCUT2D eigenvalue weighted by Gasteiger charge is 2.12. The summed E-state index contributed by atoms with van der Waals surface area (Å²) in [4.78, 5) is 16.8. The Labute approximate surface area is 155 Å². The van der Waals surface area contributed by atoms with E-state index in [1.54, 1.807) is 36.0 Å². The van der Waals surface area contributed by atoms with E-state index >= 15 is 0 Å². The molecule has 0 spiro atoms. The van der Waals surface area contributed by atoms with Crippen molar-refractivity contribution in [2.45, 2.75) is 13.5 Å². The number of fused-ring (bicyclic) bond motifs is 1. The summed E-state index contributed by atoms with van der Waals surface area (Å²) >= 11 is 0. The molecular formula is C21H17FN4O. The molecule has 134 valence electrons. The number of aryl methyl sites for hydroxylation is 1. The summed E-state index contributed by atoms with van der Waals surface area (Å²) in [7, 11) is 0. The van der Waals surface area contributed by atoms with E-state index in [2.05, 4.69) is 15.4 Å². The lowest BCUT2D eigenvalue weighted by Gasteiger charge is -2.07. The van der Waals surface area contributed by atoms with E-state index in [1.165, 1.54) is 12.3 Å². The number of carbonyl (C=O) groups excluding carboxylic acids is 1. The van der Waals surface area contributed by atoms with E-state index < -0.39 is 0 Å². The van der Waals surface area contributed by atoms with Gasteiger partial charge in [0.15, 0.2) is 5.65 Å². The average Bonchev–Trinajstić information content (AvgIpc) is 3.07. The van der Waals surface area contributed by atoms with Crippen LogP contribution in [0.2, 0.25) is 0 Å². The van der Waals surface area contributed by atoms with Gasteiger partial charge < -0.3 is 5.32 Å². The molecule has 2 aromatic heterocycles. The number of amides is 1. The minimum absolute atomic E-state index is 0.344. The number of nitrogens with one attached hydrogen (secondary N) is 1. The Balaban J connectivity index is 1.56. The normalized spacial score (nSPS) is 10.9. The number of halogens is 1. The van der Waals surface area contributed by atoms with Gasteiger partial charge in [-0.3, -0.25) is 4.79 Å². The van der Waals surface area contributed by atoms with Crippen molar-refractivity contribution in [3.8, 4) is 0 Å². The second kappa shape index (κ2) is 6.99. The molecule has 1 amide bonds. The van der Waals surface area contributed by atoms with Crippen molar-refractivity contribution in [1.82, 2.24) is 14.8 Å². The summed E-state index contributed by atoms with van der Waals surface area (Å²) in [5.41, 5.74) is 3.15. The number of benzene rings is 2. The number of pyridine rings is 1. The topological polar surface area (TPSA) is 59.8 Å². The molecule has 0 unspecified atom stereocenters. The Bertz CT molecular complexity index is 1120. The number of anilines is 1. The molecule has 0 aliphatic rings. The van der Waals surface area contributed by atoms with E-state index in [1.807, 2.05) is 30.3 Å². The monoisotopic (exact) mass is 360 g/mol. The number of carbonyl (C=O) groups is 1. The van der Waals surface area contributed by atoms with Crippen LogP contribution in [0.1, 0.15) is 21.5 Å². The Morgan fingerprint density at radius 1 is 1.11 bits per heavy atom. The van der Waals surface area contributed by atoms with Gasteiger partial charge in [-0.05, 0) is 36.2 Å². The van der Waals surface area contributed by atoms with Gasteiger partial charge in [-0.15, -0.1) is 0 Å². The van der Waals surface area contributed by atoms with Gasteiger partial charge in [-0.25, -0.2) is 14.1 Å². The minimum atomic E-state index is -0.358. The number of aromatic nitrogens is 3. The van der Waals surface area contributed by atoms with Crippen LogP contribution in [0.5, 0.6) is 0 Å². The maximum atomic E-state index is 13.6. The maximum Gasteiger partial charge on any atom is 0.257 e. The van der Waals surface area contributed by atoms with Gasteiger partial charge in [0.25, 0.3) is 5.91 Å². The Morgan fingerprint density at radius 3 is 2.70 bits per heavy atom. The molecule has 6 heteroatoms. The van der Waals surface area contributed by atoms with Crippen LogP contribution in [-0.4, -0.2) is 20.7 Å². The van der Waals surface area contributed by atoms with Crippen molar-refractivity contribution in [2.75, 3.05) is 5.32 Å². The van der Waals surface area contributed by atoms with Crippen molar-refractivity contribution < 1.29 is 9.18 Å². The van der Waals surface area contributed by atoms with Crippen molar-refractivity contribution in [2.24, 2.45) is 0 Å². The molecule has 1 N–H and O–H groups in total. The summed E-state index contributed by atoms with van der Waals surface area (Å²) in [5.74, 6) is -0.702. The first kappa shape index (κ1) is 16.9. The van der Waals surface area contributed by atoms with Crippen LogP contribution in [-0.2, 0) is 6.54 Å². The Morgan fingerprint density at radius 2 is 1.93 bits per heavy atom. The predicted molar refractivity (Wildman–Crippen MR) is 102 cm³/mol. The highest BCUT2D eigenvalue weighted by atomic mass is 19.1. The van der Waals surface area contributed by atoms with Crippen molar-refractivity contribution in [3.05, 3.63) is 89.5 Å². The van der Waals surface area contributed by atoms with Gasteiger partial charge in [0.2, 0.25) is 0 Å². The molecule has 0 saturated carbocycles. The molecule has 27 heavy (non-hydrogen) atoms. The van der Waals surface area contributed by atoms with E-state index in [4.69, 9.17) is 0 Å². The van der Waals surface area contributed by atoms with Gasteiger partial charge in [0, 0.05) is 17.3 Å². The molecule has 0 aliphatic carbocycles. The Kier molecular flexibility index (Phi) is 4.38. The third-order valence-electron chi connectivity index (χ3n) is 4.34. The molecule has 0 fully saturated rings. The van der Waals surface area contributed by atoms with Gasteiger partial charge in [0.05, 0.1) is 18.3 Å². The van der Waals surface area contributed by atoms with Gasteiger partial charge in [0.1, 0.15) is 5.82 Å². The molecule has 2 heterocycles. The molecule has 2 aromatic carbocycles. The predicted octanol–water partition coefficient (Wildman–Crippen LogP) is 4.18. The molecule has 0 radical (unpaired) electrons. The molecule has 0 bridgehead atoms. The minimum Gasteiger partial charge on any atom is -0.322 e. The van der Waals surface area contributed by atoms with E-state index in [0.717, 1.165) is 10.9 Å². The lowest BCUT2D eigenvalue weighted by atomic mass is 10.2. The highest BCUT2D eigenvalue weighted by molar-refractivity contribution is 6.05. The van der Waals surface area contributed by atoms with Crippen LogP contribution in [0.15, 0.2) is 67.0 Å². The van der Waals surface area contributed by atoms with Crippen LogP contribution >= 0.6 is 0 Å². The fourth-order valence-electron chi connectivity index (χ4n) is 2.84. The lowest BCUT2D eigenvalue weighted by Crippen LogP contribution is -2.12. The van der Waals surface area contributed by atoms with Crippen molar-refractivity contribution >= 4 is 22.6 Å². The first-order chi connectivity index (χ1) is 13.1. The van der Waals surface area contributed by atoms with Gasteiger partial charge >= 0.3 is 0 Å². The number of hydrogen-bond acceptors (Lipinski definition) is 3. The zero-order valence-corrected chi connectivity index (χ0v) is 14.7. The summed E-state index contributed by atoms with van der Waals surface area (Å²) in [5, 5.41) is 7.83. The number of rotatable bonds is 4. The first-order valence-electron chi connectivity index (χ1n) is 8.53. The standard InChI is InChI=1S/C21H17FN4O/c1-14-7-8-18(10-19(14)22)25-21(27)17-9-16-12-24-26(20(16)23-11-17)13-15-5-3-2-4-6-15/h2-12H,13H2,1H3,(H,25,27). The van der Waals surface area contributed by atoms with Crippen molar-refractivity contribution in [3.63, 3.8) is 0 Å². The van der Waals surface area contributed by atoms with E-state index in [-0.39, 0.29) is 11.7 Å².